The summed E-state index contributed by atoms with van der Waals surface area (Å²) in [4.78, 5) is 14.5. The van der Waals surface area contributed by atoms with Crippen LogP contribution in [0.25, 0.3) is 22.3 Å². The van der Waals surface area contributed by atoms with Gasteiger partial charge in [0.15, 0.2) is 11.5 Å². The maximum absolute atomic E-state index is 12.2. The second-order valence-corrected chi connectivity index (χ2v) is 9.23. The third-order valence-corrected chi connectivity index (χ3v) is 7.09. The van der Waals surface area contributed by atoms with Crippen molar-refractivity contribution >= 4 is 17.3 Å². The predicted molar refractivity (Wildman–Crippen MR) is 138 cm³/mol. The fourth-order valence-electron chi connectivity index (χ4n) is 5.14. The van der Waals surface area contributed by atoms with Gasteiger partial charge in [0.1, 0.15) is 17.6 Å². The lowest BCUT2D eigenvalue weighted by molar-refractivity contribution is -0.113. The lowest BCUT2D eigenvalue weighted by atomic mass is 9.89. The van der Waals surface area contributed by atoms with Gasteiger partial charge in [-0.1, -0.05) is 36.4 Å². The summed E-state index contributed by atoms with van der Waals surface area (Å²) in [7, 11) is 3.24. The molecule has 0 radical (unpaired) electrons. The number of hydrogen-bond donors (Lipinski definition) is 0. The Bertz CT molecular complexity index is 1290. The van der Waals surface area contributed by atoms with E-state index in [0.717, 1.165) is 66.5 Å². The largest absolute Gasteiger partial charge is 0.493 e. The predicted octanol–water partition coefficient (Wildman–Crippen LogP) is 6.31. The fraction of sp³-hybridized carbons (Fsp3) is 0.300. The van der Waals surface area contributed by atoms with Crippen LogP contribution in [0.3, 0.4) is 0 Å². The van der Waals surface area contributed by atoms with Gasteiger partial charge >= 0.3 is 0 Å². The number of carbonyl (C=O) groups is 1. The van der Waals surface area contributed by atoms with Gasteiger partial charge in [-0.3, -0.25) is 4.90 Å². The number of rotatable bonds is 8. The van der Waals surface area contributed by atoms with Gasteiger partial charge in [0.05, 0.1) is 20.3 Å². The molecule has 1 aromatic heterocycles. The molecule has 35 heavy (non-hydrogen) atoms. The van der Waals surface area contributed by atoms with Crippen LogP contribution in [0.15, 0.2) is 77.2 Å². The Kier molecular flexibility index (Phi) is 6.87. The number of benzene rings is 3. The number of aldehydes is 1. The molecule has 1 atom stereocenters. The highest BCUT2D eigenvalue weighted by molar-refractivity contribution is 5.84. The Hall–Kier alpha value is -3.57. The van der Waals surface area contributed by atoms with E-state index in [2.05, 4.69) is 41.3 Å². The zero-order valence-electron chi connectivity index (χ0n) is 20.3. The molecule has 1 aliphatic rings. The third kappa shape index (κ3) is 4.96. The maximum Gasteiger partial charge on any atom is 0.161 e. The van der Waals surface area contributed by atoms with Crippen LogP contribution in [0.2, 0.25) is 0 Å². The summed E-state index contributed by atoms with van der Waals surface area (Å²) in [6.07, 6.45) is 4.40. The first kappa shape index (κ1) is 23.2. The molecule has 1 fully saturated rings. The molecule has 0 spiro atoms. The van der Waals surface area contributed by atoms with E-state index in [-0.39, 0.29) is 6.04 Å². The molecule has 1 aliphatic heterocycles. The lowest BCUT2D eigenvalue weighted by Crippen LogP contribution is -2.37. The average molecular weight is 470 g/mol. The van der Waals surface area contributed by atoms with E-state index in [0.29, 0.717) is 17.4 Å². The number of likely N-dealkylation sites (tertiary alicyclic amines) is 1. The van der Waals surface area contributed by atoms with Gasteiger partial charge in [0, 0.05) is 10.9 Å². The first-order valence-electron chi connectivity index (χ1n) is 12.2. The van der Waals surface area contributed by atoms with Crippen LogP contribution in [0.5, 0.6) is 11.5 Å². The molecule has 0 saturated carbocycles. The average Bonchev–Trinajstić information content (AvgIpc) is 3.34. The van der Waals surface area contributed by atoms with Crippen molar-refractivity contribution in [2.45, 2.75) is 25.3 Å². The molecular formula is C30H31NO4. The van der Waals surface area contributed by atoms with Crippen molar-refractivity contribution in [3.05, 3.63) is 83.9 Å². The van der Waals surface area contributed by atoms with Crippen molar-refractivity contribution in [3.63, 3.8) is 0 Å². The van der Waals surface area contributed by atoms with E-state index in [1.54, 1.807) is 14.2 Å². The normalized spacial score (nSPS) is 15.7. The number of methoxy groups -OCH3 is 2. The van der Waals surface area contributed by atoms with Crippen molar-refractivity contribution in [2.24, 2.45) is 5.92 Å². The summed E-state index contributed by atoms with van der Waals surface area (Å²) in [6, 6.07) is 24.3. The zero-order chi connectivity index (χ0) is 24.2. The van der Waals surface area contributed by atoms with Crippen molar-refractivity contribution in [1.82, 2.24) is 4.90 Å². The highest BCUT2D eigenvalue weighted by atomic mass is 16.5. The van der Waals surface area contributed by atoms with Crippen molar-refractivity contribution in [2.75, 3.05) is 27.3 Å². The second-order valence-electron chi connectivity index (χ2n) is 9.23. The Balaban J connectivity index is 1.31. The number of hydrogen-bond acceptors (Lipinski definition) is 5. The van der Waals surface area contributed by atoms with E-state index in [1.165, 1.54) is 5.56 Å². The first-order chi connectivity index (χ1) is 17.2. The van der Waals surface area contributed by atoms with Gasteiger partial charge < -0.3 is 18.7 Å². The highest BCUT2D eigenvalue weighted by Crippen LogP contribution is 2.36. The molecule has 0 N–H and O–H groups in total. The molecule has 5 heteroatoms. The maximum atomic E-state index is 12.2. The number of nitrogens with zero attached hydrogens (tertiary/aromatic N) is 1. The van der Waals surface area contributed by atoms with Crippen molar-refractivity contribution in [1.29, 1.82) is 0 Å². The molecule has 5 rings (SSSR count). The smallest absolute Gasteiger partial charge is 0.161 e. The number of piperidine rings is 1. The second kappa shape index (κ2) is 10.4. The van der Waals surface area contributed by atoms with Gasteiger partial charge in [0.25, 0.3) is 0 Å². The molecule has 5 nitrogen and oxygen atoms in total. The molecule has 0 bridgehead atoms. The quantitative estimate of drug-likeness (QED) is 0.283. The summed E-state index contributed by atoms with van der Waals surface area (Å²) in [5, 5.41) is 0.984. The molecule has 4 aromatic rings. The van der Waals surface area contributed by atoms with E-state index >= 15 is 0 Å². The molecular weight excluding hydrogens is 438 g/mol. The molecule has 1 unspecified atom stereocenters. The number of carbonyl (C=O) groups excluding carboxylic acids is 1. The van der Waals surface area contributed by atoms with E-state index in [4.69, 9.17) is 13.9 Å². The van der Waals surface area contributed by atoms with Gasteiger partial charge in [0.2, 0.25) is 0 Å². The lowest BCUT2D eigenvalue weighted by Gasteiger charge is -2.35. The van der Waals surface area contributed by atoms with Crippen molar-refractivity contribution < 1.29 is 18.7 Å². The van der Waals surface area contributed by atoms with E-state index < -0.39 is 0 Å². The SMILES string of the molecule is COc1ccc(-c2cc3cc(C(C=O)N4CCC(Cc5ccccc5)CC4)ccc3o2)cc1OC. The van der Waals surface area contributed by atoms with Crippen LogP contribution < -0.4 is 9.47 Å². The van der Waals surface area contributed by atoms with Crippen LogP contribution in [-0.4, -0.2) is 38.5 Å². The van der Waals surface area contributed by atoms with E-state index in [9.17, 15) is 4.79 Å². The Morgan fingerprint density at radius 3 is 2.43 bits per heavy atom. The fourth-order valence-corrected chi connectivity index (χ4v) is 5.14. The molecule has 0 amide bonds. The molecule has 2 heterocycles. The Labute approximate surface area is 206 Å². The first-order valence-corrected chi connectivity index (χ1v) is 12.2. The van der Waals surface area contributed by atoms with Gasteiger partial charge in [-0.25, -0.2) is 0 Å². The standard InChI is InChI=1S/C30H31NO4/c1-33-28-11-9-24(18-30(28)34-2)29-19-25-17-23(8-10-27(25)35-29)26(20-32)31-14-12-22(13-15-31)16-21-6-4-3-5-7-21/h3-11,17-20,22,26H,12-16H2,1-2H3. The number of fused-ring (bicyclic) bond motifs is 1. The van der Waals surface area contributed by atoms with Crippen molar-refractivity contribution in [3.8, 4) is 22.8 Å². The monoisotopic (exact) mass is 469 g/mol. The summed E-state index contributed by atoms with van der Waals surface area (Å²) >= 11 is 0. The highest BCUT2D eigenvalue weighted by Gasteiger charge is 2.26. The summed E-state index contributed by atoms with van der Waals surface area (Å²) in [5.74, 6) is 2.75. The molecule has 0 aliphatic carbocycles. The minimum absolute atomic E-state index is 0.239. The third-order valence-electron chi connectivity index (χ3n) is 7.09. The summed E-state index contributed by atoms with van der Waals surface area (Å²) in [6.45, 7) is 1.86. The minimum Gasteiger partial charge on any atom is -0.493 e. The van der Waals surface area contributed by atoms with Gasteiger partial charge in [-0.05, 0) is 85.8 Å². The number of ether oxygens (including phenoxy) is 2. The van der Waals surface area contributed by atoms with Crippen LogP contribution in [0.1, 0.15) is 30.0 Å². The van der Waals surface area contributed by atoms with Crippen LogP contribution >= 0.6 is 0 Å². The van der Waals surface area contributed by atoms with Gasteiger partial charge in [-0.15, -0.1) is 0 Å². The topological polar surface area (TPSA) is 51.9 Å². The molecule has 1 saturated heterocycles. The van der Waals surface area contributed by atoms with Crippen LogP contribution in [0.4, 0.5) is 0 Å². The van der Waals surface area contributed by atoms with Crippen LogP contribution in [-0.2, 0) is 11.2 Å². The van der Waals surface area contributed by atoms with E-state index in [1.807, 2.05) is 36.4 Å². The van der Waals surface area contributed by atoms with Gasteiger partial charge in [-0.2, -0.15) is 0 Å². The van der Waals surface area contributed by atoms with Crippen LogP contribution in [0, 0.1) is 5.92 Å². The molecule has 180 valence electrons. The molecule has 3 aromatic carbocycles. The minimum atomic E-state index is -0.239. The summed E-state index contributed by atoms with van der Waals surface area (Å²) in [5.41, 5.74) is 4.11. The Morgan fingerprint density at radius 2 is 1.71 bits per heavy atom. The summed E-state index contributed by atoms with van der Waals surface area (Å²) < 4.78 is 16.9. The number of furan rings is 1. The zero-order valence-corrected chi connectivity index (χ0v) is 20.3. The Morgan fingerprint density at radius 1 is 0.943 bits per heavy atom.